The lowest BCUT2D eigenvalue weighted by molar-refractivity contribution is -0.230. The second-order valence-electron chi connectivity index (χ2n) is 10.2. The van der Waals surface area contributed by atoms with E-state index < -0.39 is 34.9 Å². The number of hydrogen-bond acceptors (Lipinski definition) is 5. The number of aromatic nitrogens is 1. The topological polar surface area (TPSA) is 99.5 Å². The van der Waals surface area contributed by atoms with Crippen LogP contribution < -0.4 is 5.32 Å². The summed E-state index contributed by atoms with van der Waals surface area (Å²) < 4.78 is 15.1. The molecule has 0 saturated carbocycles. The zero-order chi connectivity index (χ0) is 25.5. The number of pyridine rings is 1. The third-order valence-corrected chi connectivity index (χ3v) is 6.95. The first kappa shape index (κ1) is 27.9. The Morgan fingerprint density at radius 3 is 2.56 bits per heavy atom. The van der Waals surface area contributed by atoms with Gasteiger partial charge in [-0.2, -0.15) is 0 Å². The fourth-order valence-corrected chi connectivity index (χ4v) is 4.29. The van der Waals surface area contributed by atoms with Crippen molar-refractivity contribution in [2.24, 2.45) is 17.3 Å². The van der Waals surface area contributed by atoms with Crippen molar-refractivity contribution in [3.05, 3.63) is 47.6 Å². The van der Waals surface area contributed by atoms with Crippen molar-refractivity contribution in [3.63, 3.8) is 0 Å². The molecule has 0 fully saturated rings. The summed E-state index contributed by atoms with van der Waals surface area (Å²) in [7, 11) is 0. The summed E-state index contributed by atoms with van der Waals surface area (Å²) in [5.74, 6) is -4.79. The number of Topliss-reactive ketones (excluding diaryl/α,β-unsaturated/α-hetero) is 1. The van der Waals surface area contributed by atoms with Gasteiger partial charge in [0.05, 0.1) is 17.7 Å². The number of amides is 1. The molecule has 7 heteroatoms. The Morgan fingerprint density at radius 2 is 1.91 bits per heavy atom. The van der Waals surface area contributed by atoms with E-state index in [0.717, 1.165) is 5.57 Å². The van der Waals surface area contributed by atoms with Crippen molar-refractivity contribution < 1.29 is 24.2 Å². The van der Waals surface area contributed by atoms with Crippen molar-refractivity contribution in [3.8, 4) is 0 Å². The molecule has 0 saturated heterocycles. The fraction of sp³-hybridized carbons (Fsp3) is 0.593. The zero-order valence-electron chi connectivity index (χ0n) is 21.0. The van der Waals surface area contributed by atoms with Crippen molar-refractivity contribution in [2.75, 3.05) is 0 Å². The molecule has 0 aliphatic carbocycles. The van der Waals surface area contributed by atoms with Crippen LogP contribution in [-0.4, -0.2) is 38.7 Å². The molecule has 2 rings (SSSR count). The van der Waals surface area contributed by atoms with Gasteiger partial charge in [0.2, 0.25) is 5.91 Å². The molecule has 1 aromatic heterocycles. The number of aliphatic hydroxyl groups is 2. The number of nitrogens with one attached hydrogen (secondary N) is 1. The minimum absolute atomic E-state index is 0.0148. The first-order valence-corrected chi connectivity index (χ1v) is 12.1. The third-order valence-electron chi connectivity index (χ3n) is 6.95. The molecule has 2 heterocycles. The van der Waals surface area contributed by atoms with Crippen LogP contribution in [0, 0.1) is 17.3 Å². The van der Waals surface area contributed by atoms with Crippen LogP contribution in [0.3, 0.4) is 0 Å². The largest absolute Gasteiger partial charge is 0.365 e. The Bertz CT molecular complexity index is 908. The van der Waals surface area contributed by atoms with Crippen LogP contribution in [-0.2, 0) is 9.59 Å². The average molecular weight is 475 g/mol. The summed E-state index contributed by atoms with van der Waals surface area (Å²) in [6.07, 6.45) is 7.24. The smallest absolute Gasteiger partial charge is 0.220 e. The highest BCUT2D eigenvalue weighted by atomic mass is 19.1. The summed E-state index contributed by atoms with van der Waals surface area (Å²) >= 11 is 0. The predicted octanol–water partition coefficient (Wildman–Crippen LogP) is 4.73. The third kappa shape index (κ3) is 7.57. The lowest BCUT2D eigenvalue weighted by Crippen LogP contribution is -2.49. The monoisotopic (exact) mass is 474 g/mol. The number of allylic oxidation sites excluding steroid dienone is 1. The molecule has 0 bridgehead atoms. The van der Waals surface area contributed by atoms with Gasteiger partial charge in [0.15, 0.2) is 5.79 Å². The number of ketones is 1. The maximum atomic E-state index is 15.1. The van der Waals surface area contributed by atoms with E-state index in [1.807, 2.05) is 13.0 Å². The number of carbonyl (C=O) groups excluding carboxylic acids is 2. The molecule has 6 nitrogen and oxygen atoms in total. The van der Waals surface area contributed by atoms with E-state index in [2.05, 4.69) is 10.3 Å². The van der Waals surface area contributed by atoms with E-state index in [0.29, 0.717) is 25.0 Å². The standard InChI is InChI=1S/C27H39FN2O4/c1-18-9-8-10-19(2)27(33,34)20(3)25(32)26(4,5)15-14-24(31)30-23(13-12-18)22(28)17-21-11-6-7-16-29-21/h6-7,11-12,16-17,19-20,23,33-34H,8-10,13-15H2,1-5H3,(H,30,31). The van der Waals surface area contributed by atoms with Crippen LogP contribution in [0.4, 0.5) is 4.39 Å². The first-order valence-electron chi connectivity index (χ1n) is 12.1. The normalized spacial score (nSPS) is 27.6. The van der Waals surface area contributed by atoms with E-state index in [1.165, 1.54) is 13.0 Å². The predicted molar refractivity (Wildman–Crippen MR) is 131 cm³/mol. The highest BCUT2D eigenvalue weighted by Gasteiger charge is 2.45. The maximum absolute atomic E-state index is 15.1. The van der Waals surface area contributed by atoms with E-state index in [-0.39, 0.29) is 31.0 Å². The quantitative estimate of drug-likeness (QED) is 0.425. The molecular weight excluding hydrogens is 435 g/mol. The Morgan fingerprint density at radius 1 is 1.21 bits per heavy atom. The molecular formula is C27H39FN2O4. The van der Waals surface area contributed by atoms with Gasteiger partial charge in [-0.1, -0.05) is 45.4 Å². The van der Waals surface area contributed by atoms with Gasteiger partial charge >= 0.3 is 0 Å². The van der Waals surface area contributed by atoms with E-state index in [9.17, 15) is 19.8 Å². The number of rotatable bonds is 2. The molecule has 1 aliphatic heterocycles. The lowest BCUT2D eigenvalue weighted by Gasteiger charge is -2.37. The molecule has 1 aliphatic rings. The highest BCUT2D eigenvalue weighted by Crippen LogP contribution is 2.35. The van der Waals surface area contributed by atoms with E-state index in [1.54, 1.807) is 45.2 Å². The zero-order valence-corrected chi connectivity index (χ0v) is 21.0. The van der Waals surface area contributed by atoms with Crippen LogP contribution in [0.25, 0.3) is 6.08 Å². The van der Waals surface area contributed by atoms with E-state index in [4.69, 9.17) is 0 Å². The van der Waals surface area contributed by atoms with Crippen molar-refractivity contribution >= 4 is 17.8 Å². The van der Waals surface area contributed by atoms with Crippen LogP contribution in [0.5, 0.6) is 0 Å². The SMILES string of the molecule is CC1=CCC(C(F)=Cc2ccccn2)NC(=O)CCC(C)(C)C(=O)C(C)C(O)(O)C(C)CCC1. The molecule has 0 aromatic carbocycles. The minimum atomic E-state index is -2.13. The Labute approximate surface area is 202 Å². The van der Waals surface area contributed by atoms with Crippen LogP contribution in [0.2, 0.25) is 0 Å². The second-order valence-corrected chi connectivity index (χ2v) is 10.2. The molecule has 0 radical (unpaired) electrons. The average Bonchev–Trinajstić information content (AvgIpc) is 2.79. The second kappa shape index (κ2) is 11.8. The van der Waals surface area contributed by atoms with Crippen molar-refractivity contribution in [1.82, 2.24) is 10.3 Å². The summed E-state index contributed by atoms with van der Waals surface area (Å²) in [6.45, 7) is 8.61. The summed E-state index contributed by atoms with van der Waals surface area (Å²) in [4.78, 5) is 30.0. The molecule has 1 amide bonds. The van der Waals surface area contributed by atoms with Gasteiger partial charge in [-0.25, -0.2) is 4.39 Å². The summed E-state index contributed by atoms with van der Waals surface area (Å²) in [5.41, 5.74) is 0.544. The van der Waals surface area contributed by atoms with E-state index >= 15 is 4.39 Å². The molecule has 3 atom stereocenters. The first-order chi connectivity index (χ1) is 15.8. The minimum Gasteiger partial charge on any atom is -0.365 e. The van der Waals surface area contributed by atoms with Gasteiger partial charge in [0.25, 0.3) is 0 Å². The van der Waals surface area contributed by atoms with Gasteiger partial charge in [-0.15, -0.1) is 0 Å². The van der Waals surface area contributed by atoms with Gasteiger partial charge in [-0.05, 0) is 57.2 Å². The van der Waals surface area contributed by atoms with Crippen LogP contribution in [0.15, 0.2) is 41.9 Å². The Hall–Kier alpha value is -2.38. The molecule has 34 heavy (non-hydrogen) atoms. The fourth-order valence-electron chi connectivity index (χ4n) is 4.29. The Kier molecular flexibility index (Phi) is 9.71. The summed E-state index contributed by atoms with van der Waals surface area (Å²) in [5, 5.41) is 24.3. The molecule has 0 spiro atoms. The Balaban J connectivity index is 2.31. The molecule has 1 aromatic rings. The number of nitrogens with zero attached hydrogens (tertiary/aromatic N) is 1. The highest BCUT2D eigenvalue weighted by molar-refractivity contribution is 5.87. The van der Waals surface area contributed by atoms with Crippen LogP contribution >= 0.6 is 0 Å². The van der Waals surface area contributed by atoms with Crippen molar-refractivity contribution in [2.45, 2.75) is 85.0 Å². The number of hydrogen-bond donors (Lipinski definition) is 3. The molecule has 3 unspecified atom stereocenters. The molecule has 3 N–H and O–H groups in total. The van der Waals surface area contributed by atoms with Crippen molar-refractivity contribution in [1.29, 1.82) is 0 Å². The van der Waals surface area contributed by atoms with Crippen LogP contribution in [0.1, 0.15) is 78.8 Å². The summed E-state index contributed by atoms with van der Waals surface area (Å²) in [6, 6.07) is 4.37. The maximum Gasteiger partial charge on any atom is 0.220 e. The van der Waals surface area contributed by atoms with Gasteiger partial charge in [0, 0.05) is 24.0 Å². The lowest BCUT2D eigenvalue weighted by atomic mass is 9.73. The number of halogens is 1. The molecule has 188 valence electrons. The number of carbonyl (C=O) groups is 2. The van der Waals surface area contributed by atoms with Gasteiger partial charge < -0.3 is 15.5 Å². The van der Waals surface area contributed by atoms with Gasteiger partial charge in [-0.3, -0.25) is 14.6 Å². The van der Waals surface area contributed by atoms with Gasteiger partial charge in [0.1, 0.15) is 11.6 Å².